The van der Waals surface area contributed by atoms with Crippen molar-refractivity contribution in [1.29, 1.82) is 0 Å². The highest BCUT2D eigenvalue weighted by atomic mass is 32.2. The molecule has 2 rings (SSSR count). The third-order valence-electron chi connectivity index (χ3n) is 3.66. The Hall–Kier alpha value is -2.94. The molecule has 1 amide bonds. The normalized spacial score (nSPS) is 11.0. The van der Waals surface area contributed by atoms with Crippen LogP contribution < -0.4 is 9.62 Å². The van der Waals surface area contributed by atoms with Gasteiger partial charge in [-0.2, -0.15) is 0 Å². The maximum atomic E-state index is 12.3. The first-order valence-electron chi connectivity index (χ1n) is 7.67. The van der Waals surface area contributed by atoms with E-state index < -0.39 is 27.4 Å². The number of nitrogens with zero attached hydrogens (tertiary/aromatic N) is 2. The first-order valence-corrected chi connectivity index (χ1v) is 9.52. The van der Waals surface area contributed by atoms with E-state index in [0.29, 0.717) is 11.3 Å². The van der Waals surface area contributed by atoms with Gasteiger partial charge in [0.1, 0.15) is 6.54 Å². The number of hydrogen-bond donors (Lipinski definition) is 1. The van der Waals surface area contributed by atoms with Crippen LogP contribution in [0.2, 0.25) is 0 Å². The summed E-state index contributed by atoms with van der Waals surface area (Å²) in [5, 5.41) is 13.3. The average Bonchev–Trinajstić information content (AvgIpc) is 2.54. The highest BCUT2D eigenvalue weighted by Gasteiger charge is 2.22. The molecule has 0 spiro atoms. The van der Waals surface area contributed by atoms with E-state index in [1.165, 1.54) is 24.3 Å². The minimum absolute atomic E-state index is 0.169. The van der Waals surface area contributed by atoms with Crippen LogP contribution in [0, 0.1) is 24.0 Å². The van der Waals surface area contributed by atoms with Crippen molar-refractivity contribution in [3.63, 3.8) is 0 Å². The molecular weight excluding hydrogens is 358 g/mol. The summed E-state index contributed by atoms with van der Waals surface area (Å²) in [7, 11) is -3.70. The average molecular weight is 377 g/mol. The van der Waals surface area contributed by atoms with E-state index in [4.69, 9.17) is 0 Å². The van der Waals surface area contributed by atoms with Gasteiger partial charge in [0.05, 0.1) is 16.9 Å². The second-order valence-electron chi connectivity index (χ2n) is 5.92. The van der Waals surface area contributed by atoms with Gasteiger partial charge in [-0.25, -0.2) is 8.42 Å². The van der Waals surface area contributed by atoms with E-state index >= 15 is 0 Å². The van der Waals surface area contributed by atoms with Gasteiger partial charge in [0.15, 0.2) is 0 Å². The minimum atomic E-state index is -3.70. The van der Waals surface area contributed by atoms with Crippen molar-refractivity contribution in [2.24, 2.45) is 0 Å². The van der Waals surface area contributed by atoms with Crippen molar-refractivity contribution in [1.82, 2.24) is 0 Å². The number of benzene rings is 2. The van der Waals surface area contributed by atoms with Gasteiger partial charge in [0.25, 0.3) is 5.69 Å². The Labute approximate surface area is 151 Å². The van der Waals surface area contributed by atoms with Crippen molar-refractivity contribution >= 4 is 33.0 Å². The summed E-state index contributed by atoms with van der Waals surface area (Å²) >= 11 is 0. The molecule has 0 saturated heterocycles. The van der Waals surface area contributed by atoms with Crippen LogP contribution in [0.15, 0.2) is 42.5 Å². The Balaban J connectivity index is 2.27. The van der Waals surface area contributed by atoms with E-state index in [-0.39, 0.29) is 11.4 Å². The number of aryl methyl sites for hydroxylation is 2. The third kappa shape index (κ3) is 4.79. The second-order valence-corrected chi connectivity index (χ2v) is 7.82. The zero-order valence-electron chi connectivity index (χ0n) is 14.6. The van der Waals surface area contributed by atoms with Crippen LogP contribution in [0.25, 0.3) is 0 Å². The molecule has 26 heavy (non-hydrogen) atoms. The van der Waals surface area contributed by atoms with Gasteiger partial charge in [-0.15, -0.1) is 0 Å². The van der Waals surface area contributed by atoms with Crippen molar-refractivity contribution in [3.05, 3.63) is 63.7 Å². The first kappa shape index (κ1) is 19.4. The lowest BCUT2D eigenvalue weighted by atomic mass is 10.1. The molecule has 0 aliphatic rings. The highest BCUT2D eigenvalue weighted by molar-refractivity contribution is 7.92. The maximum absolute atomic E-state index is 12.3. The number of anilines is 2. The number of carbonyl (C=O) groups is 1. The molecule has 0 radical (unpaired) electrons. The maximum Gasteiger partial charge on any atom is 0.271 e. The quantitative estimate of drug-likeness (QED) is 0.615. The highest BCUT2D eigenvalue weighted by Crippen LogP contribution is 2.24. The van der Waals surface area contributed by atoms with Crippen molar-refractivity contribution in [3.8, 4) is 0 Å². The summed E-state index contributed by atoms with van der Waals surface area (Å²) in [6.07, 6.45) is 1.02. The number of rotatable bonds is 6. The number of nitro groups is 1. The van der Waals surface area contributed by atoms with Crippen molar-refractivity contribution in [2.75, 3.05) is 22.4 Å². The minimum Gasteiger partial charge on any atom is -0.324 e. The summed E-state index contributed by atoms with van der Waals surface area (Å²) in [4.78, 5) is 22.6. The molecule has 2 aromatic carbocycles. The Morgan fingerprint density at radius 3 is 2.50 bits per heavy atom. The summed E-state index contributed by atoms with van der Waals surface area (Å²) < 4.78 is 25.4. The fourth-order valence-corrected chi connectivity index (χ4v) is 3.30. The molecule has 0 saturated carbocycles. The first-order chi connectivity index (χ1) is 12.1. The van der Waals surface area contributed by atoms with Crippen LogP contribution in [0.4, 0.5) is 17.1 Å². The number of sulfonamides is 1. The molecule has 8 nitrogen and oxygen atoms in total. The largest absolute Gasteiger partial charge is 0.324 e. The van der Waals surface area contributed by atoms with Gasteiger partial charge in [-0.05, 0) is 37.1 Å². The molecular formula is C17H19N3O5S. The molecule has 138 valence electrons. The lowest BCUT2D eigenvalue weighted by Gasteiger charge is -2.24. The Bertz CT molecular complexity index is 957. The molecule has 0 fully saturated rings. The van der Waals surface area contributed by atoms with Gasteiger partial charge in [-0.1, -0.05) is 18.2 Å². The van der Waals surface area contributed by atoms with Gasteiger partial charge < -0.3 is 5.32 Å². The van der Waals surface area contributed by atoms with Gasteiger partial charge in [0.2, 0.25) is 15.9 Å². The van der Waals surface area contributed by atoms with Gasteiger partial charge in [0, 0.05) is 17.8 Å². The lowest BCUT2D eigenvalue weighted by Crippen LogP contribution is -2.37. The van der Waals surface area contributed by atoms with E-state index in [9.17, 15) is 23.3 Å². The van der Waals surface area contributed by atoms with Gasteiger partial charge >= 0.3 is 0 Å². The fraction of sp³-hybridized carbons (Fsp3) is 0.235. The predicted octanol–water partition coefficient (Wildman–Crippen LogP) is 2.62. The number of carbonyl (C=O) groups excluding carboxylic acids is 1. The molecule has 0 heterocycles. The number of hydrogen-bond acceptors (Lipinski definition) is 5. The molecule has 0 aliphatic heterocycles. The fourth-order valence-electron chi connectivity index (χ4n) is 2.40. The zero-order chi connectivity index (χ0) is 19.5. The van der Waals surface area contributed by atoms with Crippen LogP contribution in [0.5, 0.6) is 0 Å². The topological polar surface area (TPSA) is 110 Å². The van der Waals surface area contributed by atoms with Crippen LogP contribution in [0.1, 0.15) is 11.1 Å². The van der Waals surface area contributed by atoms with E-state index in [0.717, 1.165) is 16.1 Å². The van der Waals surface area contributed by atoms with Crippen LogP contribution in [-0.4, -0.2) is 32.0 Å². The van der Waals surface area contributed by atoms with E-state index in [1.54, 1.807) is 19.1 Å². The Morgan fingerprint density at radius 1 is 1.19 bits per heavy atom. The van der Waals surface area contributed by atoms with Crippen LogP contribution in [0.3, 0.4) is 0 Å². The molecule has 0 atom stereocenters. The zero-order valence-corrected chi connectivity index (χ0v) is 15.4. The summed E-state index contributed by atoms with van der Waals surface area (Å²) in [5.41, 5.74) is 2.04. The molecule has 2 aromatic rings. The third-order valence-corrected chi connectivity index (χ3v) is 4.79. The molecule has 0 bridgehead atoms. The standard InChI is InChI=1S/C17H19N3O5S/c1-12-7-8-13(2)16(9-12)19(26(3,24)25)11-17(21)18-14-5-4-6-15(10-14)20(22)23/h4-10H,11H2,1-3H3,(H,18,21). The molecule has 0 unspecified atom stereocenters. The smallest absolute Gasteiger partial charge is 0.271 e. The molecule has 9 heteroatoms. The Morgan fingerprint density at radius 2 is 1.88 bits per heavy atom. The van der Waals surface area contributed by atoms with Crippen LogP contribution in [-0.2, 0) is 14.8 Å². The van der Waals surface area contributed by atoms with Crippen LogP contribution >= 0.6 is 0 Å². The predicted molar refractivity (Wildman–Crippen MR) is 99.8 cm³/mol. The van der Waals surface area contributed by atoms with Gasteiger partial charge in [-0.3, -0.25) is 19.2 Å². The number of nitrogens with one attached hydrogen (secondary N) is 1. The number of amides is 1. The van der Waals surface area contributed by atoms with Crippen molar-refractivity contribution in [2.45, 2.75) is 13.8 Å². The number of nitro benzene ring substituents is 1. The second kappa shape index (κ2) is 7.52. The Kier molecular flexibility index (Phi) is 5.61. The van der Waals surface area contributed by atoms with E-state index in [1.807, 2.05) is 13.0 Å². The number of non-ortho nitro benzene ring substituents is 1. The SMILES string of the molecule is Cc1ccc(C)c(N(CC(=O)Nc2cccc([N+](=O)[O-])c2)S(C)(=O)=O)c1. The van der Waals surface area contributed by atoms with Crippen molar-refractivity contribution < 1.29 is 18.1 Å². The summed E-state index contributed by atoms with van der Waals surface area (Å²) in [6, 6.07) is 10.8. The molecule has 0 aromatic heterocycles. The summed E-state index contributed by atoms with van der Waals surface area (Å²) in [5.74, 6) is -0.600. The lowest BCUT2D eigenvalue weighted by molar-refractivity contribution is -0.384. The monoisotopic (exact) mass is 377 g/mol. The molecule has 0 aliphatic carbocycles. The molecule has 1 N–H and O–H groups in total. The van der Waals surface area contributed by atoms with E-state index in [2.05, 4.69) is 5.32 Å². The summed E-state index contributed by atoms with van der Waals surface area (Å²) in [6.45, 7) is 3.14.